The van der Waals surface area contributed by atoms with Gasteiger partial charge in [-0.1, -0.05) is 43.3 Å². The third kappa shape index (κ3) is 6.14. The summed E-state index contributed by atoms with van der Waals surface area (Å²) in [5.74, 6) is 0.636. The van der Waals surface area contributed by atoms with Crippen molar-refractivity contribution in [3.05, 3.63) is 92.3 Å². The summed E-state index contributed by atoms with van der Waals surface area (Å²) < 4.78 is 1.62. The van der Waals surface area contributed by atoms with Gasteiger partial charge in [0.05, 0.1) is 11.5 Å². The molecule has 2 heterocycles. The summed E-state index contributed by atoms with van der Waals surface area (Å²) in [6.07, 6.45) is 2.60. The first kappa shape index (κ1) is 24.6. The monoisotopic (exact) mass is 475 g/mol. The largest absolute Gasteiger partial charge is 0.348 e. The zero-order valence-corrected chi connectivity index (χ0v) is 20.7. The fourth-order valence-corrected chi connectivity index (χ4v) is 4.78. The van der Waals surface area contributed by atoms with Gasteiger partial charge >= 0.3 is 5.69 Å². The number of aryl methyl sites for hydroxylation is 1. The van der Waals surface area contributed by atoms with Gasteiger partial charge in [0.15, 0.2) is 0 Å². The number of amides is 1. The van der Waals surface area contributed by atoms with Crippen LogP contribution < -0.4 is 5.32 Å². The van der Waals surface area contributed by atoms with Crippen molar-refractivity contribution in [1.29, 1.82) is 0 Å². The van der Waals surface area contributed by atoms with Crippen LogP contribution in [-0.2, 0) is 19.6 Å². The highest BCUT2D eigenvalue weighted by Crippen LogP contribution is 2.23. The summed E-state index contributed by atoms with van der Waals surface area (Å²) in [5, 5.41) is 18.5. The molecule has 1 saturated heterocycles. The van der Waals surface area contributed by atoms with E-state index in [2.05, 4.69) is 46.5 Å². The molecule has 35 heavy (non-hydrogen) atoms. The summed E-state index contributed by atoms with van der Waals surface area (Å²) in [6.45, 7) is 9.84. The molecule has 0 spiro atoms. The van der Waals surface area contributed by atoms with Crippen molar-refractivity contribution >= 4 is 11.6 Å². The van der Waals surface area contributed by atoms with Crippen molar-refractivity contribution in [2.75, 3.05) is 13.1 Å². The average Bonchev–Trinajstić information content (AvgIpc) is 3.11. The minimum Gasteiger partial charge on any atom is -0.348 e. The maximum atomic E-state index is 12.6. The van der Waals surface area contributed by atoms with Gasteiger partial charge < -0.3 is 5.32 Å². The topological polar surface area (TPSA) is 93.3 Å². The number of likely N-dealkylation sites (tertiary alicyclic amines) is 1. The molecule has 4 rings (SSSR count). The van der Waals surface area contributed by atoms with E-state index in [1.165, 1.54) is 24.9 Å². The quantitative estimate of drug-likeness (QED) is 0.379. The average molecular weight is 476 g/mol. The van der Waals surface area contributed by atoms with Crippen molar-refractivity contribution in [3.8, 4) is 0 Å². The van der Waals surface area contributed by atoms with Crippen LogP contribution in [0.15, 0.2) is 48.5 Å². The highest BCUT2D eigenvalue weighted by atomic mass is 16.6. The Bertz CT molecular complexity index is 1180. The molecule has 0 radical (unpaired) electrons. The van der Waals surface area contributed by atoms with Crippen LogP contribution in [0.1, 0.15) is 58.2 Å². The molecule has 1 aliphatic heterocycles. The number of hydrogen-bond donors (Lipinski definition) is 1. The van der Waals surface area contributed by atoms with E-state index in [9.17, 15) is 14.9 Å². The van der Waals surface area contributed by atoms with Crippen LogP contribution in [0.3, 0.4) is 0 Å². The maximum Gasteiger partial charge on any atom is 0.312 e. The minimum atomic E-state index is -0.399. The van der Waals surface area contributed by atoms with E-state index in [-0.39, 0.29) is 11.6 Å². The van der Waals surface area contributed by atoms with Gasteiger partial charge in [-0.2, -0.15) is 5.10 Å². The Labute approximate surface area is 206 Å². The van der Waals surface area contributed by atoms with Crippen LogP contribution in [0.4, 0.5) is 5.69 Å². The second-order valence-corrected chi connectivity index (χ2v) is 9.61. The SMILES string of the molecule is Cc1nn(Cc2ccc(C(=O)NCc3ccc(CN4CCC[C@@H](C)C4)cc3)cc2)c(C)c1[N+](=O)[O-]. The lowest BCUT2D eigenvalue weighted by Gasteiger charge is -2.30. The van der Waals surface area contributed by atoms with Crippen LogP contribution in [0.5, 0.6) is 0 Å². The van der Waals surface area contributed by atoms with Gasteiger partial charge in [-0.15, -0.1) is 0 Å². The Morgan fingerprint density at radius 3 is 2.31 bits per heavy atom. The van der Waals surface area contributed by atoms with Crippen LogP contribution in [0.2, 0.25) is 0 Å². The van der Waals surface area contributed by atoms with E-state index in [0.717, 1.165) is 30.1 Å². The molecule has 1 aliphatic rings. The van der Waals surface area contributed by atoms with Crippen LogP contribution in [-0.4, -0.2) is 38.6 Å². The lowest BCUT2D eigenvalue weighted by molar-refractivity contribution is -0.386. The smallest absolute Gasteiger partial charge is 0.312 e. The Morgan fingerprint density at radius 2 is 1.69 bits per heavy atom. The van der Waals surface area contributed by atoms with E-state index >= 15 is 0 Å². The number of carbonyl (C=O) groups is 1. The molecule has 0 saturated carbocycles. The van der Waals surface area contributed by atoms with Gasteiger partial charge in [0.1, 0.15) is 11.4 Å². The Hall–Kier alpha value is -3.52. The molecule has 1 fully saturated rings. The van der Waals surface area contributed by atoms with E-state index in [1.807, 2.05) is 12.1 Å². The van der Waals surface area contributed by atoms with Crippen molar-refractivity contribution < 1.29 is 9.72 Å². The fourth-order valence-electron chi connectivity index (χ4n) is 4.78. The zero-order chi connectivity index (χ0) is 24.9. The van der Waals surface area contributed by atoms with Gasteiger partial charge in [-0.3, -0.25) is 24.5 Å². The normalized spacial score (nSPS) is 16.3. The predicted molar refractivity (Wildman–Crippen MR) is 135 cm³/mol. The first-order valence-corrected chi connectivity index (χ1v) is 12.2. The molecular weight excluding hydrogens is 442 g/mol. The van der Waals surface area contributed by atoms with Gasteiger partial charge in [0.2, 0.25) is 0 Å². The molecule has 0 aliphatic carbocycles. The summed E-state index contributed by atoms with van der Waals surface area (Å²) >= 11 is 0. The Morgan fingerprint density at radius 1 is 1.06 bits per heavy atom. The summed E-state index contributed by atoms with van der Waals surface area (Å²) in [7, 11) is 0. The third-order valence-corrected chi connectivity index (χ3v) is 6.70. The van der Waals surface area contributed by atoms with Crippen molar-refractivity contribution in [1.82, 2.24) is 20.0 Å². The standard InChI is InChI=1S/C27H33N5O3/c1-19-5-4-14-30(16-19)17-23-8-6-22(7-9-23)15-28-27(33)25-12-10-24(11-13-25)18-31-21(3)26(32(34)35)20(2)29-31/h6-13,19H,4-5,14-18H2,1-3H3,(H,28,33)/t19-/m1/s1. The second-order valence-electron chi connectivity index (χ2n) is 9.61. The number of hydrogen-bond acceptors (Lipinski definition) is 5. The van der Waals surface area contributed by atoms with E-state index < -0.39 is 4.92 Å². The van der Waals surface area contributed by atoms with E-state index in [1.54, 1.807) is 30.7 Å². The van der Waals surface area contributed by atoms with Crippen LogP contribution in [0, 0.1) is 29.9 Å². The molecule has 1 aromatic heterocycles. The second kappa shape index (κ2) is 10.8. The lowest BCUT2D eigenvalue weighted by Crippen LogP contribution is -2.33. The number of aromatic nitrogens is 2. The molecular formula is C27H33N5O3. The molecule has 8 heteroatoms. The zero-order valence-electron chi connectivity index (χ0n) is 20.7. The molecule has 0 bridgehead atoms. The maximum absolute atomic E-state index is 12.6. The Kier molecular flexibility index (Phi) is 7.60. The summed E-state index contributed by atoms with van der Waals surface area (Å²) in [4.78, 5) is 25.9. The molecule has 3 aromatic rings. The first-order chi connectivity index (χ1) is 16.8. The third-order valence-electron chi connectivity index (χ3n) is 6.70. The molecule has 8 nitrogen and oxygen atoms in total. The molecule has 184 valence electrons. The van der Waals surface area contributed by atoms with Gasteiger partial charge in [0.25, 0.3) is 5.91 Å². The van der Waals surface area contributed by atoms with Crippen LogP contribution >= 0.6 is 0 Å². The van der Waals surface area contributed by atoms with Gasteiger partial charge in [0, 0.05) is 25.2 Å². The highest BCUT2D eigenvalue weighted by molar-refractivity contribution is 5.94. The number of nitrogens with zero attached hydrogens (tertiary/aromatic N) is 4. The lowest BCUT2D eigenvalue weighted by atomic mass is 9.99. The number of rotatable bonds is 8. The summed E-state index contributed by atoms with van der Waals surface area (Å²) in [6, 6.07) is 15.7. The molecule has 1 N–H and O–H groups in total. The number of nitro groups is 1. The number of benzene rings is 2. The summed E-state index contributed by atoms with van der Waals surface area (Å²) in [5.41, 5.74) is 4.83. The van der Waals surface area contributed by atoms with E-state index in [4.69, 9.17) is 0 Å². The number of piperidine rings is 1. The van der Waals surface area contributed by atoms with Crippen LogP contribution in [0.25, 0.3) is 0 Å². The van der Waals surface area contributed by atoms with Crippen molar-refractivity contribution in [2.45, 2.75) is 53.2 Å². The Balaban J connectivity index is 1.29. The molecule has 1 atom stereocenters. The predicted octanol–water partition coefficient (Wildman–Crippen LogP) is 4.62. The fraction of sp³-hybridized carbons (Fsp3) is 0.407. The number of carbonyl (C=O) groups excluding carboxylic acids is 1. The van der Waals surface area contributed by atoms with Crippen molar-refractivity contribution in [2.24, 2.45) is 5.92 Å². The highest BCUT2D eigenvalue weighted by Gasteiger charge is 2.21. The van der Waals surface area contributed by atoms with Gasteiger partial charge in [-0.25, -0.2) is 0 Å². The number of nitrogens with one attached hydrogen (secondary N) is 1. The molecule has 0 unspecified atom stereocenters. The first-order valence-electron chi connectivity index (χ1n) is 12.2. The molecule has 1 amide bonds. The van der Waals surface area contributed by atoms with Gasteiger partial charge in [-0.05, 0) is 68.0 Å². The van der Waals surface area contributed by atoms with Crippen molar-refractivity contribution in [3.63, 3.8) is 0 Å². The molecule has 2 aromatic carbocycles. The van der Waals surface area contributed by atoms with E-state index in [0.29, 0.717) is 30.0 Å². The minimum absolute atomic E-state index is 0.0510.